The predicted octanol–water partition coefficient (Wildman–Crippen LogP) is 4.30. The summed E-state index contributed by atoms with van der Waals surface area (Å²) in [5.41, 5.74) is 1.90. The molecule has 0 aromatic heterocycles. The van der Waals surface area contributed by atoms with Gasteiger partial charge in [-0.3, -0.25) is 0 Å². The van der Waals surface area contributed by atoms with Crippen LogP contribution in [0.5, 0.6) is 0 Å². The maximum atomic E-state index is 2.62. The lowest BCUT2D eigenvalue weighted by molar-refractivity contribution is 0.923. The van der Waals surface area contributed by atoms with E-state index in [4.69, 9.17) is 0 Å². The van der Waals surface area contributed by atoms with E-state index < -0.39 is 15.2 Å². The third kappa shape index (κ3) is 2.02. The summed E-state index contributed by atoms with van der Waals surface area (Å²) in [5, 5.41) is 0. The third-order valence-electron chi connectivity index (χ3n) is 4.01. The Labute approximate surface area is 80.6 Å². The molecule has 74 valence electrons. The van der Waals surface area contributed by atoms with Gasteiger partial charge in [-0.15, -0.1) is 0 Å². The molecule has 0 aromatic carbocycles. The normalized spacial score (nSPS) is 14.5. The maximum absolute atomic E-state index is 2.62. The van der Waals surface area contributed by atoms with Crippen LogP contribution in [0.1, 0.15) is 27.7 Å². The molecular weight excluding hydrogens is 176 g/mol. The summed E-state index contributed by atoms with van der Waals surface area (Å²) in [6.45, 7) is 20.0. The Balaban J connectivity index is 4.89. The first-order valence-corrected chi connectivity index (χ1v) is 12.3. The molecule has 2 heteroatoms. The summed E-state index contributed by atoms with van der Waals surface area (Å²) >= 11 is 0. The number of hydrogen-bond acceptors (Lipinski definition) is 0. The van der Waals surface area contributed by atoms with Crippen LogP contribution in [0.15, 0.2) is 0 Å². The monoisotopic (exact) mass is 202 g/mol. The second-order valence-electron chi connectivity index (χ2n) is 5.84. The van der Waals surface area contributed by atoms with Gasteiger partial charge in [-0.25, -0.2) is 0 Å². The van der Waals surface area contributed by atoms with Crippen molar-refractivity contribution in [2.45, 2.75) is 65.0 Å². The minimum Gasteiger partial charge on any atom is -0.0714 e. The summed E-state index contributed by atoms with van der Waals surface area (Å²) in [6.07, 6.45) is 0. The van der Waals surface area contributed by atoms with E-state index in [-0.39, 0.29) is 0 Å². The zero-order valence-corrected chi connectivity index (χ0v) is 12.2. The summed E-state index contributed by atoms with van der Waals surface area (Å²) in [5.74, 6) is 0. The molecule has 0 rings (SSSR count). The highest BCUT2D eigenvalue weighted by Crippen LogP contribution is 2.39. The average Bonchev–Trinajstić information content (AvgIpc) is 1.82. The maximum Gasteiger partial charge on any atom is 0.0490 e. The van der Waals surface area contributed by atoms with Gasteiger partial charge in [0.25, 0.3) is 0 Å². The van der Waals surface area contributed by atoms with E-state index >= 15 is 0 Å². The van der Waals surface area contributed by atoms with E-state index in [2.05, 4.69) is 53.9 Å². The van der Waals surface area contributed by atoms with Crippen LogP contribution in [0.3, 0.4) is 0 Å². The van der Waals surface area contributed by atoms with Crippen molar-refractivity contribution in [2.24, 2.45) is 0 Å². The van der Waals surface area contributed by atoms with E-state index in [1.807, 2.05) is 0 Å². The molecule has 0 amide bonds. The molecule has 0 aliphatic heterocycles. The Morgan fingerprint density at radius 2 is 0.917 bits per heavy atom. The van der Waals surface area contributed by atoms with Crippen LogP contribution in [-0.2, 0) is 0 Å². The molecule has 0 fully saturated rings. The van der Waals surface area contributed by atoms with Gasteiger partial charge in [0.15, 0.2) is 0 Å². The summed E-state index contributed by atoms with van der Waals surface area (Å²) in [4.78, 5) is 0. The van der Waals surface area contributed by atoms with Gasteiger partial charge in [-0.2, -0.15) is 0 Å². The Morgan fingerprint density at radius 1 is 0.667 bits per heavy atom. The van der Waals surface area contributed by atoms with Gasteiger partial charge in [0.2, 0.25) is 0 Å². The fraction of sp³-hybridized carbons (Fsp3) is 1.00. The fourth-order valence-corrected chi connectivity index (χ4v) is 17.6. The number of hydrogen-bond donors (Lipinski definition) is 0. The number of rotatable bonds is 3. The van der Waals surface area contributed by atoms with Gasteiger partial charge in [-0.05, 0) is 0 Å². The lowest BCUT2D eigenvalue weighted by Gasteiger charge is -2.45. The zero-order chi connectivity index (χ0) is 10.2. The van der Waals surface area contributed by atoms with Crippen LogP contribution in [0.4, 0.5) is 0 Å². The quantitative estimate of drug-likeness (QED) is 0.599. The lowest BCUT2D eigenvalue weighted by atomic mass is 10.5. The highest BCUT2D eigenvalue weighted by molar-refractivity contribution is 7.41. The van der Waals surface area contributed by atoms with Crippen molar-refractivity contribution >= 4 is 15.2 Å². The van der Waals surface area contributed by atoms with Crippen LogP contribution >= 0.6 is 0 Å². The van der Waals surface area contributed by atoms with E-state index in [1.54, 1.807) is 0 Å². The highest BCUT2D eigenvalue weighted by atomic mass is 29.3. The summed E-state index contributed by atoms with van der Waals surface area (Å²) < 4.78 is 0. The Hall–Kier alpha value is 0.434. The first-order valence-electron chi connectivity index (χ1n) is 5.14. The van der Waals surface area contributed by atoms with E-state index in [9.17, 15) is 0 Å². The molecule has 0 bridgehead atoms. The summed E-state index contributed by atoms with van der Waals surface area (Å²) in [7, 11) is -1.86. The molecule has 0 spiro atoms. The van der Waals surface area contributed by atoms with Gasteiger partial charge in [0.05, 0.1) is 0 Å². The van der Waals surface area contributed by atoms with Crippen molar-refractivity contribution in [1.82, 2.24) is 0 Å². The largest absolute Gasteiger partial charge is 0.0714 e. The van der Waals surface area contributed by atoms with Crippen LogP contribution in [0.2, 0.25) is 37.3 Å². The minimum absolute atomic E-state index is 0.898. The molecule has 0 unspecified atom stereocenters. The highest BCUT2D eigenvalue weighted by Gasteiger charge is 2.45. The second kappa shape index (κ2) is 3.66. The topological polar surface area (TPSA) is 0 Å². The van der Waals surface area contributed by atoms with Crippen molar-refractivity contribution in [1.29, 1.82) is 0 Å². The smallest absolute Gasteiger partial charge is 0.0490 e. The molecule has 0 radical (unpaired) electrons. The Morgan fingerprint density at radius 3 is 0.917 bits per heavy atom. The molecule has 0 aromatic rings. The first-order chi connectivity index (χ1) is 5.14. The van der Waals surface area contributed by atoms with Crippen LogP contribution < -0.4 is 0 Å². The van der Waals surface area contributed by atoms with Crippen molar-refractivity contribution in [2.75, 3.05) is 0 Å². The predicted molar refractivity (Wildman–Crippen MR) is 65.2 cm³/mol. The van der Waals surface area contributed by atoms with Crippen molar-refractivity contribution in [3.05, 3.63) is 0 Å². The van der Waals surface area contributed by atoms with Gasteiger partial charge in [0, 0.05) is 15.2 Å². The zero-order valence-electron chi connectivity index (χ0n) is 10.2. The molecule has 0 heterocycles. The lowest BCUT2D eigenvalue weighted by Crippen LogP contribution is -2.58. The minimum atomic E-state index is -0.967. The van der Waals surface area contributed by atoms with Crippen LogP contribution in [0.25, 0.3) is 0 Å². The SMILES string of the molecule is CC(C)[Si](C)(C(C)C)[Si](C)(C)C. The Kier molecular flexibility index (Phi) is 3.80. The van der Waals surface area contributed by atoms with E-state index in [1.165, 1.54) is 0 Å². The Bertz CT molecular complexity index is 134. The van der Waals surface area contributed by atoms with Gasteiger partial charge in [-0.1, -0.05) is 65.0 Å². The van der Waals surface area contributed by atoms with Gasteiger partial charge < -0.3 is 0 Å². The van der Waals surface area contributed by atoms with Crippen LogP contribution in [-0.4, -0.2) is 15.2 Å². The van der Waals surface area contributed by atoms with Crippen molar-refractivity contribution < 1.29 is 0 Å². The molecule has 0 aliphatic rings. The third-order valence-corrected chi connectivity index (χ3v) is 25.2. The average molecular weight is 202 g/mol. The molecule has 0 N–H and O–H groups in total. The molecule has 0 saturated heterocycles. The molecule has 0 aliphatic carbocycles. The molecule has 12 heavy (non-hydrogen) atoms. The van der Waals surface area contributed by atoms with Gasteiger partial charge in [0.1, 0.15) is 0 Å². The van der Waals surface area contributed by atoms with Crippen molar-refractivity contribution in [3.63, 3.8) is 0 Å². The second-order valence-corrected chi connectivity index (χ2v) is 22.9. The molecule has 0 atom stereocenters. The first kappa shape index (κ1) is 12.4. The van der Waals surface area contributed by atoms with E-state index in [0.29, 0.717) is 0 Å². The van der Waals surface area contributed by atoms with Gasteiger partial charge >= 0.3 is 0 Å². The fourth-order valence-electron chi connectivity index (χ4n) is 2.40. The van der Waals surface area contributed by atoms with E-state index in [0.717, 1.165) is 11.1 Å². The van der Waals surface area contributed by atoms with Crippen LogP contribution in [0, 0.1) is 0 Å². The molecule has 0 saturated carbocycles. The molecular formula is C10H26Si2. The molecule has 0 nitrogen and oxygen atoms in total. The standard InChI is InChI=1S/C10H26Si2/c1-9(2)12(8,10(3)4)11(5,6)7/h9-10H,1-8H3. The van der Waals surface area contributed by atoms with Crippen molar-refractivity contribution in [3.8, 4) is 0 Å². The summed E-state index contributed by atoms with van der Waals surface area (Å²) in [6, 6.07) is 0.